The van der Waals surface area contributed by atoms with Crippen LogP contribution in [0.15, 0.2) is 48.7 Å². The molecule has 2 amide bonds. The van der Waals surface area contributed by atoms with E-state index in [-0.39, 0.29) is 11.8 Å². The van der Waals surface area contributed by atoms with Crippen molar-refractivity contribution in [2.75, 3.05) is 5.32 Å². The molecule has 2 aromatic carbocycles. The second-order valence-electron chi connectivity index (χ2n) is 6.26. The standard InChI is InChI=1S/C20H17ClN4O2/c1-2-18-17(11-23-25(18)15-5-3-4-13(21)8-15)20(27)24-14-7-6-12-10-22-19(26)16(12)9-14/h3-9,11H,2,10H2,1H3,(H,22,26)(H,24,27). The zero-order chi connectivity index (χ0) is 19.0. The number of hydrogen-bond donors (Lipinski definition) is 2. The van der Waals surface area contributed by atoms with E-state index in [0.717, 1.165) is 16.9 Å². The number of halogens is 1. The summed E-state index contributed by atoms with van der Waals surface area (Å²) < 4.78 is 1.72. The van der Waals surface area contributed by atoms with Gasteiger partial charge in [-0.15, -0.1) is 0 Å². The van der Waals surface area contributed by atoms with Gasteiger partial charge in [-0.2, -0.15) is 5.10 Å². The Labute approximate surface area is 161 Å². The molecule has 1 aromatic heterocycles. The van der Waals surface area contributed by atoms with Gasteiger partial charge in [-0.3, -0.25) is 9.59 Å². The first-order valence-electron chi connectivity index (χ1n) is 8.62. The predicted octanol–water partition coefficient (Wildman–Crippen LogP) is 3.58. The summed E-state index contributed by atoms with van der Waals surface area (Å²) >= 11 is 6.07. The molecule has 27 heavy (non-hydrogen) atoms. The van der Waals surface area contributed by atoms with Crippen molar-refractivity contribution in [2.24, 2.45) is 0 Å². The lowest BCUT2D eigenvalue weighted by atomic mass is 10.1. The Hall–Kier alpha value is -3.12. The van der Waals surface area contributed by atoms with E-state index in [1.54, 1.807) is 35.1 Å². The quantitative estimate of drug-likeness (QED) is 0.726. The molecule has 2 heterocycles. The van der Waals surface area contributed by atoms with Crippen LogP contribution in [0, 0.1) is 0 Å². The molecule has 136 valence electrons. The van der Waals surface area contributed by atoms with Crippen molar-refractivity contribution in [3.8, 4) is 5.69 Å². The van der Waals surface area contributed by atoms with E-state index < -0.39 is 0 Å². The maximum Gasteiger partial charge on any atom is 0.259 e. The average molecular weight is 381 g/mol. The van der Waals surface area contributed by atoms with Gasteiger partial charge in [0.25, 0.3) is 11.8 Å². The maximum absolute atomic E-state index is 12.8. The topological polar surface area (TPSA) is 76.0 Å². The molecular weight excluding hydrogens is 364 g/mol. The van der Waals surface area contributed by atoms with Crippen molar-refractivity contribution in [3.05, 3.63) is 76.1 Å². The van der Waals surface area contributed by atoms with Crippen molar-refractivity contribution in [3.63, 3.8) is 0 Å². The van der Waals surface area contributed by atoms with E-state index in [1.807, 2.05) is 25.1 Å². The van der Waals surface area contributed by atoms with Crippen LogP contribution in [-0.4, -0.2) is 21.6 Å². The van der Waals surface area contributed by atoms with Crippen LogP contribution in [0.4, 0.5) is 5.69 Å². The number of aromatic nitrogens is 2. The third kappa shape index (κ3) is 3.19. The number of carbonyl (C=O) groups excluding carboxylic acids is 2. The Kier molecular flexibility index (Phi) is 4.41. The maximum atomic E-state index is 12.8. The highest BCUT2D eigenvalue weighted by atomic mass is 35.5. The van der Waals surface area contributed by atoms with Gasteiger partial charge >= 0.3 is 0 Å². The third-order valence-electron chi connectivity index (χ3n) is 4.55. The summed E-state index contributed by atoms with van der Waals surface area (Å²) in [5, 5.41) is 10.6. The Bertz CT molecular complexity index is 1060. The monoisotopic (exact) mass is 380 g/mol. The summed E-state index contributed by atoms with van der Waals surface area (Å²) in [4.78, 5) is 24.6. The third-order valence-corrected chi connectivity index (χ3v) is 4.79. The number of amides is 2. The van der Waals surface area contributed by atoms with Crippen molar-refractivity contribution in [2.45, 2.75) is 19.9 Å². The van der Waals surface area contributed by atoms with Crippen molar-refractivity contribution in [1.29, 1.82) is 0 Å². The molecule has 1 aliphatic rings. The van der Waals surface area contributed by atoms with Gasteiger partial charge in [-0.1, -0.05) is 30.7 Å². The van der Waals surface area contributed by atoms with Crippen molar-refractivity contribution < 1.29 is 9.59 Å². The predicted molar refractivity (Wildman–Crippen MR) is 104 cm³/mol. The van der Waals surface area contributed by atoms with Gasteiger partial charge in [0.1, 0.15) is 0 Å². The minimum absolute atomic E-state index is 0.121. The molecule has 0 radical (unpaired) electrons. The molecule has 0 aliphatic carbocycles. The minimum Gasteiger partial charge on any atom is -0.348 e. The Morgan fingerprint density at radius 2 is 2.15 bits per heavy atom. The fourth-order valence-electron chi connectivity index (χ4n) is 3.22. The molecule has 0 saturated heterocycles. The molecule has 0 saturated carbocycles. The summed E-state index contributed by atoms with van der Waals surface area (Å²) in [7, 11) is 0. The second-order valence-corrected chi connectivity index (χ2v) is 6.70. The number of carbonyl (C=O) groups is 2. The normalized spacial score (nSPS) is 12.6. The lowest BCUT2D eigenvalue weighted by Crippen LogP contribution is -2.15. The number of hydrogen-bond acceptors (Lipinski definition) is 3. The van der Waals surface area contributed by atoms with Crippen LogP contribution in [0.5, 0.6) is 0 Å². The number of fused-ring (bicyclic) bond motifs is 1. The summed E-state index contributed by atoms with van der Waals surface area (Å²) in [5.74, 6) is -0.386. The molecule has 7 heteroatoms. The highest BCUT2D eigenvalue weighted by molar-refractivity contribution is 6.30. The summed E-state index contributed by atoms with van der Waals surface area (Å²) in [6.07, 6.45) is 2.18. The first-order valence-corrected chi connectivity index (χ1v) is 9.00. The Morgan fingerprint density at radius 1 is 1.30 bits per heavy atom. The van der Waals surface area contributed by atoms with Crippen LogP contribution in [0.2, 0.25) is 5.02 Å². The highest BCUT2D eigenvalue weighted by Crippen LogP contribution is 2.23. The lowest BCUT2D eigenvalue weighted by Gasteiger charge is -2.09. The van der Waals surface area contributed by atoms with E-state index in [0.29, 0.717) is 34.8 Å². The molecule has 2 N–H and O–H groups in total. The van der Waals surface area contributed by atoms with Gasteiger partial charge in [0, 0.05) is 22.8 Å². The number of anilines is 1. The molecule has 0 spiro atoms. The van der Waals surface area contributed by atoms with Crippen LogP contribution >= 0.6 is 11.6 Å². The van der Waals surface area contributed by atoms with E-state index in [2.05, 4.69) is 15.7 Å². The molecule has 1 aliphatic heterocycles. The molecular formula is C20H17ClN4O2. The van der Waals surface area contributed by atoms with Crippen LogP contribution < -0.4 is 10.6 Å². The second kappa shape index (κ2) is 6.89. The Balaban J connectivity index is 1.63. The minimum atomic E-state index is -0.265. The largest absolute Gasteiger partial charge is 0.348 e. The fourth-order valence-corrected chi connectivity index (χ4v) is 3.41. The van der Waals surface area contributed by atoms with Crippen LogP contribution in [0.25, 0.3) is 5.69 Å². The van der Waals surface area contributed by atoms with Crippen LogP contribution in [0.1, 0.15) is 38.9 Å². The van der Waals surface area contributed by atoms with Gasteiger partial charge in [0.15, 0.2) is 0 Å². The van der Waals surface area contributed by atoms with E-state index in [9.17, 15) is 9.59 Å². The smallest absolute Gasteiger partial charge is 0.259 e. The lowest BCUT2D eigenvalue weighted by molar-refractivity contribution is 0.0964. The van der Waals surface area contributed by atoms with Crippen molar-refractivity contribution in [1.82, 2.24) is 15.1 Å². The van der Waals surface area contributed by atoms with E-state index >= 15 is 0 Å². The highest BCUT2D eigenvalue weighted by Gasteiger charge is 2.21. The van der Waals surface area contributed by atoms with Crippen molar-refractivity contribution >= 4 is 29.1 Å². The van der Waals surface area contributed by atoms with Crippen LogP contribution in [0.3, 0.4) is 0 Å². The zero-order valence-corrected chi connectivity index (χ0v) is 15.4. The Morgan fingerprint density at radius 3 is 2.93 bits per heavy atom. The zero-order valence-electron chi connectivity index (χ0n) is 14.6. The first-order chi connectivity index (χ1) is 13.1. The van der Waals surface area contributed by atoms with Gasteiger partial charge < -0.3 is 10.6 Å². The van der Waals surface area contributed by atoms with E-state index in [4.69, 9.17) is 11.6 Å². The molecule has 4 rings (SSSR count). The molecule has 3 aromatic rings. The summed E-state index contributed by atoms with van der Waals surface area (Å²) in [6.45, 7) is 2.49. The number of nitrogens with one attached hydrogen (secondary N) is 2. The number of benzene rings is 2. The van der Waals surface area contributed by atoms with Gasteiger partial charge in [-0.25, -0.2) is 4.68 Å². The fraction of sp³-hybridized carbons (Fsp3) is 0.150. The number of rotatable bonds is 4. The summed E-state index contributed by atoms with van der Waals surface area (Å²) in [6, 6.07) is 12.7. The van der Waals surface area contributed by atoms with Crippen LogP contribution in [-0.2, 0) is 13.0 Å². The molecule has 6 nitrogen and oxygen atoms in total. The molecule has 0 fully saturated rings. The SMILES string of the molecule is CCc1c(C(=O)Nc2ccc3c(c2)C(=O)NC3)cnn1-c1cccc(Cl)c1. The average Bonchev–Trinajstić information content (AvgIpc) is 3.25. The van der Waals surface area contributed by atoms with Gasteiger partial charge in [0.2, 0.25) is 0 Å². The van der Waals surface area contributed by atoms with Gasteiger partial charge in [0.05, 0.1) is 23.1 Å². The molecule has 0 bridgehead atoms. The number of nitrogens with zero attached hydrogens (tertiary/aromatic N) is 2. The first kappa shape index (κ1) is 17.3. The molecule has 0 atom stereocenters. The molecule has 0 unspecified atom stereocenters. The van der Waals surface area contributed by atoms with Gasteiger partial charge in [-0.05, 0) is 42.3 Å². The van der Waals surface area contributed by atoms with E-state index in [1.165, 1.54) is 0 Å². The summed E-state index contributed by atoms with van der Waals surface area (Å²) in [5.41, 5.74) is 4.18.